The number of thioether (sulfide) groups is 1. The molecule has 1 amide bonds. The minimum atomic E-state index is -0.494. The first-order valence-corrected chi connectivity index (χ1v) is 10.5. The lowest BCUT2D eigenvalue weighted by Gasteiger charge is -2.11. The van der Waals surface area contributed by atoms with Crippen molar-refractivity contribution in [2.75, 3.05) is 20.3 Å². The van der Waals surface area contributed by atoms with Gasteiger partial charge < -0.3 is 9.47 Å². The minimum absolute atomic E-state index is 0.0911. The number of carbonyl (C=O) groups is 1. The van der Waals surface area contributed by atoms with E-state index in [2.05, 4.69) is 0 Å². The zero-order valence-corrected chi connectivity index (χ0v) is 18.3. The zero-order chi connectivity index (χ0) is 21.7. The van der Waals surface area contributed by atoms with E-state index in [1.807, 2.05) is 0 Å². The molecule has 0 bridgehead atoms. The van der Waals surface area contributed by atoms with Crippen molar-refractivity contribution in [3.8, 4) is 11.5 Å². The Morgan fingerprint density at radius 3 is 2.53 bits per heavy atom. The molecule has 0 saturated carbocycles. The summed E-state index contributed by atoms with van der Waals surface area (Å²) in [5.74, 6) is 0.893. The van der Waals surface area contributed by atoms with Crippen molar-refractivity contribution in [1.82, 2.24) is 4.90 Å². The minimum Gasteiger partial charge on any atom is -0.493 e. The molecule has 2 aromatic rings. The largest absolute Gasteiger partial charge is 0.493 e. The van der Waals surface area contributed by atoms with Crippen molar-refractivity contribution in [2.24, 2.45) is 0 Å². The van der Waals surface area contributed by atoms with E-state index in [0.717, 1.165) is 11.8 Å². The number of nitro benzene ring substituents is 1. The van der Waals surface area contributed by atoms with Crippen LogP contribution in [0.2, 0.25) is 5.02 Å². The molecule has 30 heavy (non-hydrogen) atoms. The number of ether oxygens (including phenoxy) is 2. The lowest BCUT2D eigenvalue weighted by molar-refractivity contribution is -0.384. The summed E-state index contributed by atoms with van der Waals surface area (Å²) in [5.41, 5.74) is 0.350. The average molecular weight is 465 g/mol. The van der Waals surface area contributed by atoms with Crippen molar-refractivity contribution < 1.29 is 19.2 Å². The highest BCUT2D eigenvalue weighted by Crippen LogP contribution is 2.34. The molecule has 0 unspecified atom stereocenters. The molecule has 0 spiro atoms. The van der Waals surface area contributed by atoms with Gasteiger partial charge in [-0.3, -0.25) is 19.8 Å². The molecule has 0 atom stereocenters. The van der Waals surface area contributed by atoms with Crippen LogP contribution < -0.4 is 9.47 Å². The monoisotopic (exact) mass is 464 g/mol. The van der Waals surface area contributed by atoms with Crippen LogP contribution in [0.4, 0.5) is 5.69 Å². The van der Waals surface area contributed by atoms with E-state index >= 15 is 0 Å². The standard InChI is InChI=1S/C20H17ClN2O5S2/c1-22-19(24)18(30-20(22)29)12-13-11-15(23(25)26)5-8-17(13)28-10-2-9-27-16-6-3-14(21)4-7-16/h3-8,11-12H,2,9-10H2,1H3. The maximum absolute atomic E-state index is 12.3. The predicted octanol–water partition coefficient (Wildman–Crippen LogP) is 4.93. The van der Waals surface area contributed by atoms with E-state index in [1.54, 1.807) is 37.4 Å². The summed E-state index contributed by atoms with van der Waals surface area (Å²) in [7, 11) is 1.59. The van der Waals surface area contributed by atoms with Gasteiger partial charge in [0.25, 0.3) is 11.6 Å². The SMILES string of the molecule is CN1C(=O)C(=Cc2cc([N+](=O)[O-])ccc2OCCCOc2ccc(Cl)cc2)SC1=S. The first kappa shape index (κ1) is 22.1. The molecule has 7 nitrogen and oxygen atoms in total. The molecule has 0 aliphatic carbocycles. The Hall–Kier alpha value is -2.62. The number of likely N-dealkylation sites (N-methyl/N-ethyl adjacent to an activating group) is 1. The third-order valence-corrected chi connectivity index (χ3v) is 5.84. The highest BCUT2D eigenvalue weighted by molar-refractivity contribution is 8.26. The smallest absolute Gasteiger partial charge is 0.270 e. The third-order valence-electron chi connectivity index (χ3n) is 4.11. The first-order chi connectivity index (χ1) is 14.3. The fourth-order valence-electron chi connectivity index (χ4n) is 2.54. The number of hydrogen-bond donors (Lipinski definition) is 0. The van der Waals surface area contributed by atoms with Crippen LogP contribution >= 0.6 is 35.6 Å². The van der Waals surface area contributed by atoms with Gasteiger partial charge in [-0.2, -0.15) is 0 Å². The molecule has 1 aliphatic heterocycles. The maximum atomic E-state index is 12.3. The van der Waals surface area contributed by atoms with Gasteiger partial charge in [0, 0.05) is 36.2 Å². The molecule has 3 rings (SSSR count). The first-order valence-electron chi connectivity index (χ1n) is 8.86. The molecule has 1 saturated heterocycles. The van der Waals surface area contributed by atoms with E-state index in [-0.39, 0.29) is 11.6 Å². The number of nitrogens with zero attached hydrogens (tertiary/aromatic N) is 2. The van der Waals surface area contributed by atoms with Gasteiger partial charge in [-0.05, 0) is 36.4 Å². The molecular weight excluding hydrogens is 448 g/mol. The van der Waals surface area contributed by atoms with Gasteiger partial charge >= 0.3 is 0 Å². The van der Waals surface area contributed by atoms with Crippen molar-refractivity contribution in [2.45, 2.75) is 6.42 Å². The highest BCUT2D eigenvalue weighted by atomic mass is 35.5. The van der Waals surface area contributed by atoms with Gasteiger partial charge in [0.2, 0.25) is 0 Å². The fourth-order valence-corrected chi connectivity index (χ4v) is 3.84. The van der Waals surface area contributed by atoms with Crippen LogP contribution in [0.15, 0.2) is 47.4 Å². The van der Waals surface area contributed by atoms with Gasteiger partial charge in [-0.1, -0.05) is 35.6 Å². The zero-order valence-electron chi connectivity index (χ0n) is 15.9. The van der Waals surface area contributed by atoms with E-state index in [9.17, 15) is 14.9 Å². The number of thiocarbonyl (C=S) groups is 1. The second kappa shape index (κ2) is 9.92. The van der Waals surface area contributed by atoms with Gasteiger partial charge in [0.1, 0.15) is 15.8 Å². The Labute approximate surface area is 187 Å². The van der Waals surface area contributed by atoms with Crippen LogP contribution in [0.3, 0.4) is 0 Å². The van der Waals surface area contributed by atoms with Gasteiger partial charge in [0.05, 0.1) is 23.0 Å². The summed E-state index contributed by atoms with van der Waals surface area (Å²) in [6, 6.07) is 11.3. The van der Waals surface area contributed by atoms with Gasteiger partial charge in [0.15, 0.2) is 0 Å². The average Bonchev–Trinajstić information content (AvgIpc) is 2.96. The van der Waals surface area contributed by atoms with Crippen molar-refractivity contribution in [3.63, 3.8) is 0 Å². The fraction of sp³-hybridized carbons (Fsp3) is 0.200. The van der Waals surface area contributed by atoms with Crippen LogP contribution in [0.25, 0.3) is 6.08 Å². The summed E-state index contributed by atoms with van der Waals surface area (Å²) in [4.78, 5) is 24.7. The molecular formula is C20H17ClN2O5S2. The van der Waals surface area contributed by atoms with Gasteiger partial charge in [-0.25, -0.2) is 0 Å². The van der Waals surface area contributed by atoms with E-state index in [0.29, 0.717) is 50.9 Å². The summed E-state index contributed by atoms with van der Waals surface area (Å²) in [5, 5.41) is 11.8. The maximum Gasteiger partial charge on any atom is 0.270 e. The van der Waals surface area contributed by atoms with Crippen molar-refractivity contribution in [1.29, 1.82) is 0 Å². The number of rotatable bonds is 8. The van der Waals surface area contributed by atoms with Crippen molar-refractivity contribution in [3.05, 3.63) is 68.1 Å². The highest BCUT2D eigenvalue weighted by Gasteiger charge is 2.29. The van der Waals surface area contributed by atoms with Crippen LogP contribution in [0.1, 0.15) is 12.0 Å². The second-order valence-electron chi connectivity index (χ2n) is 6.22. The number of non-ortho nitro benzene ring substituents is 1. The molecule has 2 aromatic carbocycles. The molecule has 10 heteroatoms. The van der Waals surface area contributed by atoms with Gasteiger partial charge in [-0.15, -0.1) is 0 Å². The second-order valence-corrected chi connectivity index (χ2v) is 8.34. The van der Waals surface area contributed by atoms with Crippen molar-refractivity contribution >= 4 is 57.6 Å². The van der Waals surface area contributed by atoms with Crippen LogP contribution in [0, 0.1) is 10.1 Å². The Balaban J connectivity index is 1.66. The molecule has 1 heterocycles. The number of hydrogen-bond acceptors (Lipinski definition) is 7. The molecule has 0 radical (unpaired) electrons. The Kier molecular flexibility index (Phi) is 7.30. The predicted molar refractivity (Wildman–Crippen MR) is 121 cm³/mol. The third kappa shape index (κ3) is 5.50. The topological polar surface area (TPSA) is 81.9 Å². The summed E-state index contributed by atoms with van der Waals surface area (Å²) in [6.07, 6.45) is 2.16. The van der Waals surface area contributed by atoms with Crippen LogP contribution in [-0.4, -0.2) is 40.3 Å². The molecule has 0 aromatic heterocycles. The van der Waals surface area contributed by atoms with Crippen LogP contribution in [-0.2, 0) is 4.79 Å². The Bertz CT molecular complexity index is 1010. The quantitative estimate of drug-likeness (QED) is 0.180. The summed E-state index contributed by atoms with van der Waals surface area (Å²) < 4.78 is 11.8. The summed E-state index contributed by atoms with van der Waals surface area (Å²) in [6.45, 7) is 0.763. The number of halogens is 1. The Morgan fingerprint density at radius 2 is 1.90 bits per heavy atom. The number of benzene rings is 2. The van der Waals surface area contributed by atoms with Crippen LogP contribution in [0.5, 0.6) is 11.5 Å². The Morgan fingerprint density at radius 1 is 1.20 bits per heavy atom. The number of amides is 1. The number of nitro groups is 1. The molecule has 1 aliphatic rings. The lowest BCUT2D eigenvalue weighted by Crippen LogP contribution is -2.22. The molecule has 0 N–H and O–H groups in total. The molecule has 156 valence electrons. The molecule has 1 fully saturated rings. The van der Waals surface area contributed by atoms with E-state index in [4.69, 9.17) is 33.3 Å². The van der Waals surface area contributed by atoms with E-state index in [1.165, 1.54) is 23.1 Å². The number of carbonyl (C=O) groups excluding carboxylic acids is 1. The normalized spacial score (nSPS) is 15.0. The lowest BCUT2D eigenvalue weighted by atomic mass is 10.1. The van der Waals surface area contributed by atoms with E-state index < -0.39 is 4.92 Å². The summed E-state index contributed by atoms with van der Waals surface area (Å²) >= 11 is 12.1.